The number of alkyl halides is 2. The van der Waals surface area contributed by atoms with E-state index in [0.717, 1.165) is 11.6 Å². The summed E-state index contributed by atoms with van der Waals surface area (Å²) < 4.78 is 47.0. The molecule has 15 heteroatoms. The van der Waals surface area contributed by atoms with Gasteiger partial charge in [-0.2, -0.15) is 0 Å². The molecule has 7 rings (SSSR count). The molecule has 3 aliphatic heterocycles. The minimum atomic E-state index is -3.79. The number of pyridine rings is 2. The summed E-state index contributed by atoms with van der Waals surface area (Å²) in [5.74, 6) is -1.50. The van der Waals surface area contributed by atoms with Gasteiger partial charge in [0.1, 0.15) is 5.69 Å². The number of rotatable bonds is 6. The lowest BCUT2D eigenvalue weighted by Crippen LogP contribution is -2.64. The Morgan fingerprint density at radius 3 is 2.66 bits per heavy atom. The first-order valence-electron chi connectivity index (χ1n) is 12.5. The smallest absolute Gasteiger partial charge is 0.481 e. The summed E-state index contributed by atoms with van der Waals surface area (Å²) in [6, 6.07) is 7.46. The average Bonchev–Trinajstić information content (AvgIpc) is 3.51. The molecule has 0 spiro atoms. The van der Waals surface area contributed by atoms with Crippen LogP contribution in [0, 0.1) is 0 Å². The maximum atomic E-state index is 13.4. The van der Waals surface area contributed by atoms with Gasteiger partial charge in [-0.05, 0) is 24.6 Å². The fraction of sp³-hybridized carbons (Fsp3) is 0.269. The number of amides is 2. The molecule has 3 aliphatic rings. The van der Waals surface area contributed by atoms with Gasteiger partial charge in [0.05, 0.1) is 60.1 Å². The van der Waals surface area contributed by atoms with Crippen molar-refractivity contribution < 1.29 is 37.3 Å². The van der Waals surface area contributed by atoms with Crippen molar-refractivity contribution in [3.05, 3.63) is 54.0 Å². The second kappa shape index (κ2) is 9.49. The van der Waals surface area contributed by atoms with Crippen molar-refractivity contribution in [2.75, 3.05) is 35.9 Å². The monoisotopic (exact) mass is 582 g/mol. The Morgan fingerprint density at radius 2 is 1.88 bits per heavy atom. The number of carbonyl (C=O) groups excluding carboxylic acids is 2. The zero-order valence-corrected chi connectivity index (χ0v) is 22.0. The maximum Gasteiger partial charge on any atom is 0.586 e. The number of thiazole rings is 1. The van der Waals surface area contributed by atoms with Crippen LogP contribution in [0.2, 0.25) is 0 Å². The van der Waals surface area contributed by atoms with Crippen molar-refractivity contribution in [2.24, 2.45) is 0 Å². The van der Waals surface area contributed by atoms with E-state index in [4.69, 9.17) is 14.5 Å². The Labute approximate surface area is 234 Å². The van der Waals surface area contributed by atoms with Crippen LogP contribution in [0.15, 0.2) is 42.7 Å². The molecule has 0 aliphatic carbocycles. The lowest BCUT2D eigenvalue weighted by atomic mass is 9.92. The lowest BCUT2D eigenvalue weighted by molar-refractivity contribution is -0.286. The van der Waals surface area contributed by atoms with Gasteiger partial charge in [-0.3, -0.25) is 9.59 Å². The lowest BCUT2D eigenvalue weighted by Gasteiger charge is -2.52. The predicted octanol–water partition coefficient (Wildman–Crippen LogP) is 3.90. The number of hydrogen-bond acceptors (Lipinski definition) is 11. The molecule has 210 valence electrons. The highest BCUT2D eigenvalue weighted by atomic mass is 32.1. The van der Waals surface area contributed by atoms with E-state index in [2.05, 4.69) is 35.0 Å². The minimum Gasteiger partial charge on any atom is -0.481 e. The summed E-state index contributed by atoms with van der Waals surface area (Å²) in [5, 5.41) is 6.13. The summed E-state index contributed by atoms with van der Waals surface area (Å²) in [4.78, 5) is 42.1. The Balaban J connectivity index is 1.15. The summed E-state index contributed by atoms with van der Waals surface area (Å²) in [6.45, 7) is 1.29. The highest BCUT2D eigenvalue weighted by Crippen LogP contribution is 2.43. The molecular weight excluding hydrogens is 562 g/mol. The van der Waals surface area contributed by atoms with Crippen molar-refractivity contribution in [1.29, 1.82) is 0 Å². The third-order valence-corrected chi connectivity index (χ3v) is 8.01. The second-order valence-electron chi connectivity index (χ2n) is 9.50. The molecule has 1 aromatic carbocycles. The number of carbonyl (C=O) groups is 2. The number of hydrogen-bond donors (Lipinski definition) is 2. The third kappa shape index (κ3) is 4.52. The molecule has 2 amide bonds. The average molecular weight is 583 g/mol. The second-order valence-corrected chi connectivity index (χ2v) is 10.5. The van der Waals surface area contributed by atoms with Crippen LogP contribution in [-0.2, 0) is 4.74 Å². The Morgan fingerprint density at radius 1 is 1.07 bits per heavy atom. The first-order chi connectivity index (χ1) is 19.8. The van der Waals surface area contributed by atoms with Gasteiger partial charge in [0.2, 0.25) is 5.88 Å². The Hall–Kier alpha value is -4.63. The SMILES string of the molecule is COc1cc(C(=O)Nc2ccc3c(c2)OC(F)(F)O3)c(NC(=O)c2nccc3nc(N4C5COCC4C5)sc23)cn1. The van der Waals surface area contributed by atoms with Crippen molar-refractivity contribution in [1.82, 2.24) is 15.0 Å². The molecule has 41 heavy (non-hydrogen) atoms. The van der Waals surface area contributed by atoms with E-state index in [1.54, 1.807) is 6.07 Å². The topological polar surface area (TPSA) is 137 Å². The number of nitrogens with zero attached hydrogens (tertiary/aromatic N) is 4. The van der Waals surface area contributed by atoms with Crippen LogP contribution in [0.25, 0.3) is 10.2 Å². The van der Waals surface area contributed by atoms with Crippen molar-refractivity contribution in [3.8, 4) is 17.4 Å². The molecule has 3 aromatic heterocycles. The highest BCUT2D eigenvalue weighted by Gasteiger charge is 2.44. The summed E-state index contributed by atoms with van der Waals surface area (Å²) in [5.41, 5.74) is 1.03. The van der Waals surface area contributed by atoms with Gasteiger partial charge in [-0.25, -0.2) is 15.0 Å². The van der Waals surface area contributed by atoms with E-state index in [-0.39, 0.29) is 52.1 Å². The standard InChI is InChI=1S/C26H20F2N6O6S/c1-37-20-8-15(23(35)31-12-2-3-18-19(6-12)40-26(27,28)39-18)17(9-30-20)32-24(36)21-22-16(4-5-29-21)33-25(41-22)34-13-7-14(34)11-38-10-13/h2-6,8-9,13-14H,7,10-11H2,1H3,(H,31,35)(H,32,36). The summed E-state index contributed by atoms with van der Waals surface area (Å²) >= 11 is 1.38. The molecule has 2 saturated heterocycles. The van der Waals surface area contributed by atoms with E-state index in [1.807, 2.05) is 0 Å². The molecule has 2 fully saturated rings. The molecule has 4 aromatic rings. The van der Waals surface area contributed by atoms with Crippen molar-refractivity contribution in [2.45, 2.75) is 24.8 Å². The number of methoxy groups -OCH3 is 1. The van der Waals surface area contributed by atoms with Crippen LogP contribution in [0.5, 0.6) is 17.4 Å². The van der Waals surface area contributed by atoms with Crippen LogP contribution in [0.1, 0.15) is 27.3 Å². The number of fused-ring (bicyclic) bond motifs is 4. The number of aromatic nitrogens is 3. The number of nitrogens with one attached hydrogen (secondary N) is 2. The van der Waals surface area contributed by atoms with Crippen LogP contribution in [-0.4, -0.2) is 65.5 Å². The van der Waals surface area contributed by atoms with Gasteiger partial charge < -0.3 is 34.5 Å². The van der Waals surface area contributed by atoms with E-state index >= 15 is 0 Å². The number of halogens is 2. The van der Waals surface area contributed by atoms with Crippen molar-refractivity contribution in [3.63, 3.8) is 0 Å². The van der Waals surface area contributed by atoms with Gasteiger partial charge in [0.25, 0.3) is 11.8 Å². The maximum absolute atomic E-state index is 13.4. The Kier molecular flexibility index (Phi) is 5.86. The van der Waals surface area contributed by atoms with Gasteiger partial charge in [-0.15, -0.1) is 8.78 Å². The van der Waals surface area contributed by atoms with E-state index in [0.29, 0.717) is 23.4 Å². The van der Waals surface area contributed by atoms with Crippen LogP contribution in [0.3, 0.4) is 0 Å². The molecule has 0 saturated carbocycles. The fourth-order valence-electron chi connectivity index (χ4n) is 5.01. The van der Waals surface area contributed by atoms with E-state index in [1.165, 1.54) is 55.1 Å². The van der Waals surface area contributed by atoms with Crippen LogP contribution < -0.4 is 29.7 Å². The number of anilines is 3. The van der Waals surface area contributed by atoms with Crippen LogP contribution >= 0.6 is 11.3 Å². The zero-order valence-electron chi connectivity index (χ0n) is 21.2. The van der Waals surface area contributed by atoms with Crippen LogP contribution in [0.4, 0.5) is 25.3 Å². The van der Waals surface area contributed by atoms with Gasteiger partial charge in [0.15, 0.2) is 16.6 Å². The van der Waals surface area contributed by atoms with Gasteiger partial charge >= 0.3 is 6.29 Å². The predicted molar refractivity (Wildman–Crippen MR) is 142 cm³/mol. The summed E-state index contributed by atoms with van der Waals surface area (Å²) in [7, 11) is 1.38. The summed E-state index contributed by atoms with van der Waals surface area (Å²) in [6.07, 6.45) is 0.0456. The molecule has 2 unspecified atom stereocenters. The fourth-order valence-corrected chi connectivity index (χ4v) is 6.20. The highest BCUT2D eigenvalue weighted by molar-refractivity contribution is 7.22. The Bertz CT molecular complexity index is 1700. The number of ether oxygens (including phenoxy) is 4. The first kappa shape index (κ1) is 25.3. The van der Waals surface area contributed by atoms with Crippen molar-refractivity contribution >= 4 is 49.9 Å². The molecule has 6 heterocycles. The van der Waals surface area contributed by atoms with Gasteiger partial charge in [-0.1, -0.05) is 11.3 Å². The molecule has 2 atom stereocenters. The molecular formula is C26H20F2N6O6S. The third-order valence-electron chi connectivity index (χ3n) is 6.92. The largest absolute Gasteiger partial charge is 0.586 e. The van der Waals surface area contributed by atoms with E-state index in [9.17, 15) is 18.4 Å². The zero-order chi connectivity index (χ0) is 28.3. The molecule has 2 bridgehead atoms. The van der Waals surface area contributed by atoms with E-state index < -0.39 is 18.1 Å². The molecule has 2 N–H and O–H groups in total. The molecule has 12 nitrogen and oxygen atoms in total. The normalized spacial score (nSPS) is 19.9. The number of benzene rings is 1. The number of morpholine rings is 1. The molecule has 0 radical (unpaired) electrons. The van der Waals surface area contributed by atoms with Gasteiger partial charge in [0, 0.05) is 24.0 Å². The minimum absolute atomic E-state index is 0.0127. The quantitative estimate of drug-likeness (QED) is 0.344. The first-order valence-corrected chi connectivity index (χ1v) is 13.3.